The van der Waals surface area contributed by atoms with Crippen molar-refractivity contribution < 1.29 is 22.6 Å². The van der Waals surface area contributed by atoms with E-state index in [9.17, 15) is 13.2 Å². The van der Waals surface area contributed by atoms with Crippen LogP contribution in [-0.4, -0.2) is 29.0 Å². The van der Waals surface area contributed by atoms with Crippen LogP contribution in [0, 0.1) is 0 Å². The van der Waals surface area contributed by atoms with Gasteiger partial charge in [-0.15, -0.1) is 10.2 Å². The van der Waals surface area contributed by atoms with Gasteiger partial charge in [0.25, 0.3) is 0 Å². The van der Waals surface area contributed by atoms with E-state index in [0.29, 0.717) is 33.8 Å². The Labute approximate surface area is 195 Å². The molecule has 1 heterocycles. The summed E-state index contributed by atoms with van der Waals surface area (Å²) in [5.74, 6) is 2.39. The van der Waals surface area contributed by atoms with Gasteiger partial charge in [0.15, 0.2) is 11.0 Å². The number of rotatable bonds is 7. The zero-order chi connectivity index (χ0) is 23.4. The minimum Gasteiger partial charge on any atom is -0.497 e. The summed E-state index contributed by atoms with van der Waals surface area (Å²) in [6, 6.07) is 11.3. The van der Waals surface area contributed by atoms with Crippen molar-refractivity contribution in [1.82, 2.24) is 14.8 Å². The number of alkyl halides is 3. The number of benzene rings is 2. The summed E-state index contributed by atoms with van der Waals surface area (Å²) in [6.45, 7) is 0. The summed E-state index contributed by atoms with van der Waals surface area (Å²) in [5.41, 5.74) is 0.784. The summed E-state index contributed by atoms with van der Waals surface area (Å²) in [4.78, 5) is 0. The lowest BCUT2D eigenvalue weighted by atomic mass is 9.95. The van der Waals surface area contributed by atoms with Crippen molar-refractivity contribution in [3.8, 4) is 22.9 Å². The molecule has 0 saturated heterocycles. The fourth-order valence-corrected chi connectivity index (χ4v) is 5.11. The number of methoxy groups -OCH3 is 2. The van der Waals surface area contributed by atoms with Crippen molar-refractivity contribution >= 4 is 11.8 Å². The van der Waals surface area contributed by atoms with Gasteiger partial charge in [0.1, 0.15) is 11.5 Å². The molecule has 176 valence electrons. The molecule has 1 fully saturated rings. The average molecular weight is 478 g/mol. The van der Waals surface area contributed by atoms with Crippen LogP contribution in [0.3, 0.4) is 0 Å². The highest BCUT2D eigenvalue weighted by molar-refractivity contribution is 7.98. The van der Waals surface area contributed by atoms with E-state index in [2.05, 4.69) is 14.8 Å². The topological polar surface area (TPSA) is 49.2 Å². The molecule has 1 saturated carbocycles. The number of thioether (sulfide) groups is 1. The fraction of sp³-hybridized carbons (Fsp3) is 0.417. The lowest BCUT2D eigenvalue weighted by Crippen LogP contribution is -2.15. The van der Waals surface area contributed by atoms with Crippen molar-refractivity contribution in [2.24, 2.45) is 0 Å². The van der Waals surface area contributed by atoms with Crippen molar-refractivity contribution in [1.29, 1.82) is 0 Å². The first kappa shape index (κ1) is 23.5. The van der Waals surface area contributed by atoms with E-state index in [4.69, 9.17) is 9.47 Å². The summed E-state index contributed by atoms with van der Waals surface area (Å²) >= 11 is 1.41. The number of halogens is 3. The molecule has 5 nitrogen and oxygen atoms in total. The summed E-state index contributed by atoms with van der Waals surface area (Å²) in [7, 11) is 3.20. The van der Waals surface area contributed by atoms with E-state index in [1.54, 1.807) is 26.4 Å². The maximum atomic E-state index is 13.1. The minimum atomic E-state index is -4.36. The first-order valence-electron chi connectivity index (χ1n) is 10.9. The third-order valence-corrected chi connectivity index (χ3v) is 6.85. The Hall–Kier alpha value is -2.68. The molecule has 0 bridgehead atoms. The Morgan fingerprint density at radius 1 is 0.970 bits per heavy atom. The second-order valence-corrected chi connectivity index (χ2v) is 9.00. The number of ether oxygens (including phenoxy) is 2. The van der Waals surface area contributed by atoms with Crippen LogP contribution in [0.25, 0.3) is 11.4 Å². The third-order valence-electron chi connectivity index (χ3n) is 5.84. The normalized spacial score (nSPS) is 14.9. The first-order chi connectivity index (χ1) is 15.9. The third kappa shape index (κ3) is 5.46. The van der Waals surface area contributed by atoms with Crippen molar-refractivity contribution in [3.05, 3.63) is 53.6 Å². The van der Waals surface area contributed by atoms with Crippen LogP contribution in [0.5, 0.6) is 11.5 Å². The predicted octanol–water partition coefficient (Wildman–Crippen LogP) is 6.78. The van der Waals surface area contributed by atoms with Gasteiger partial charge in [-0.2, -0.15) is 13.2 Å². The Morgan fingerprint density at radius 2 is 1.67 bits per heavy atom. The van der Waals surface area contributed by atoms with Crippen LogP contribution in [0.2, 0.25) is 0 Å². The van der Waals surface area contributed by atoms with Crippen LogP contribution in [0.15, 0.2) is 47.6 Å². The van der Waals surface area contributed by atoms with E-state index < -0.39 is 11.7 Å². The van der Waals surface area contributed by atoms with E-state index in [-0.39, 0.29) is 6.04 Å². The second kappa shape index (κ2) is 10.1. The van der Waals surface area contributed by atoms with Crippen molar-refractivity contribution in [3.63, 3.8) is 0 Å². The maximum absolute atomic E-state index is 13.1. The van der Waals surface area contributed by atoms with Gasteiger partial charge in [-0.25, -0.2) is 0 Å². The lowest BCUT2D eigenvalue weighted by molar-refractivity contribution is -0.137. The molecule has 1 aliphatic carbocycles. The predicted molar refractivity (Wildman–Crippen MR) is 122 cm³/mol. The maximum Gasteiger partial charge on any atom is 0.416 e. The monoisotopic (exact) mass is 477 g/mol. The number of hydrogen-bond acceptors (Lipinski definition) is 5. The molecular weight excluding hydrogens is 451 g/mol. The molecule has 1 aromatic heterocycles. The van der Waals surface area contributed by atoms with Crippen LogP contribution < -0.4 is 9.47 Å². The molecule has 0 amide bonds. The van der Waals surface area contributed by atoms with E-state index in [1.807, 2.05) is 12.1 Å². The van der Waals surface area contributed by atoms with Gasteiger partial charge in [-0.3, -0.25) is 4.57 Å². The van der Waals surface area contributed by atoms with Crippen LogP contribution in [-0.2, 0) is 11.9 Å². The van der Waals surface area contributed by atoms with E-state index in [1.165, 1.54) is 30.3 Å². The quantitative estimate of drug-likeness (QED) is 0.351. The van der Waals surface area contributed by atoms with Crippen molar-refractivity contribution in [2.45, 2.75) is 55.2 Å². The SMILES string of the molecule is COc1cc(OC)cc(-c2nnc(SCc3cccc(C(F)(F)F)c3)n2C2CCCCC2)c1. The van der Waals surface area contributed by atoms with E-state index >= 15 is 0 Å². The molecule has 1 aliphatic rings. The van der Waals surface area contributed by atoms with Gasteiger partial charge >= 0.3 is 6.18 Å². The molecule has 2 aromatic carbocycles. The number of hydrogen-bond donors (Lipinski definition) is 0. The van der Waals surface area contributed by atoms with Crippen LogP contribution >= 0.6 is 11.8 Å². The van der Waals surface area contributed by atoms with Gasteiger partial charge in [0, 0.05) is 23.4 Å². The van der Waals surface area contributed by atoms with Gasteiger partial charge < -0.3 is 9.47 Å². The molecule has 0 radical (unpaired) electrons. The standard InChI is InChI=1S/C24H26F3N3O2S/c1-31-20-12-17(13-21(14-20)32-2)22-28-29-23(30(22)19-9-4-3-5-10-19)33-15-16-7-6-8-18(11-16)24(25,26)27/h6-8,11-14,19H,3-5,9-10,15H2,1-2H3. The molecule has 33 heavy (non-hydrogen) atoms. The lowest BCUT2D eigenvalue weighted by Gasteiger charge is -2.25. The molecular formula is C24H26F3N3O2S. The highest BCUT2D eigenvalue weighted by Crippen LogP contribution is 2.38. The zero-order valence-electron chi connectivity index (χ0n) is 18.6. The van der Waals surface area contributed by atoms with Crippen molar-refractivity contribution in [2.75, 3.05) is 14.2 Å². The van der Waals surface area contributed by atoms with Crippen LogP contribution in [0.4, 0.5) is 13.2 Å². The Morgan fingerprint density at radius 3 is 2.30 bits per heavy atom. The summed E-state index contributed by atoms with van der Waals surface area (Å²) in [6.07, 6.45) is 1.13. The summed E-state index contributed by atoms with van der Waals surface area (Å²) in [5, 5.41) is 9.62. The first-order valence-corrected chi connectivity index (χ1v) is 11.8. The Balaban J connectivity index is 1.67. The Kier molecular flexibility index (Phi) is 7.17. The Bertz CT molecular complexity index is 1070. The smallest absolute Gasteiger partial charge is 0.416 e. The van der Waals surface area contributed by atoms with Gasteiger partial charge in [0.2, 0.25) is 0 Å². The highest BCUT2D eigenvalue weighted by atomic mass is 32.2. The highest BCUT2D eigenvalue weighted by Gasteiger charge is 2.30. The van der Waals surface area contributed by atoms with Gasteiger partial charge in [-0.05, 0) is 36.6 Å². The van der Waals surface area contributed by atoms with Gasteiger partial charge in [0.05, 0.1) is 19.8 Å². The molecule has 0 spiro atoms. The second-order valence-electron chi connectivity index (χ2n) is 8.06. The molecule has 0 aliphatic heterocycles. The average Bonchev–Trinajstić information content (AvgIpc) is 3.26. The molecule has 0 unspecified atom stereocenters. The minimum absolute atomic E-state index is 0.241. The zero-order valence-corrected chi connectivity index (χ0v) is 19.4. The van der Waals surface area contributed by atoms with Gasteiger partial charge in [-0.1, -0.05) is 49.2 Å². The molecule has 9 heteroatoms. The summed E-state index contributed by atoms with van der Waals surface area (Å²) < 4.78 is 52.3. The fourth-order valence-electron chi connectivity index (χ4n) is 4.16. The van der Waals surface area contributed by atoms with E-state index in [0.717, 1.165) is 37.3 Å². The number of nitrogens with zero attached hydrogens (tertiary/aromatic N) is 3. The molecule has 4 rings (SSSR count). The largest absolute Gasteiger partial charge is 0.497 e. The molecule has 0 N–H and O–H groups in total. The molecule has 3 aromatic rings. The molecule has 0 atom stereocenters. The number of aromatic nitrogens is 3. The van der Waals surface area contributed by atoms with Crippen LogP contribution in [0.1, 0.15) is 49.3 Å².